The molecule has 17 heteroatoms. The number of amides is 5. The predicted octanol–water partition coefficient (Wildman–Crippen LogP) is 6.65. The van der Waals surface area contributed by atoms with Crippen molar-refractivity contribution in [2.45, 2.75) is 68.5 Å². The van der Waals surface area contributed by atoms with Gasteiger partial charge in [0.15, 0.2) is 6.04 Å². The molecule has 5 aliphatic rings. The van der Waals surface area contributed by atoms with E-state index in [0.717, 1.165) is 71.0 Å². The molecule has 0 radical (unpaired) electrons. The van der Waals surface area contributed by atoms with Crippen LogP contribution in [0, 0.1) is 11.8 Å². The molecule has 332 valence electrons. The number of urea groups is 1. The highest BCUT2D eigenvalue weighted by atomic mass is 17.2. The van der Waals surface area contributed by atoms with Crippen molar-refractivity contribution in [2.75, 3.05) is 32.2 Å². The van der Waals surface area contributed by atoms with Gasteiger partial charge in [-0.1, -0.05) is 66.7 Å². The number of rotatable bonds is 13. The van der Waals surface area contributed by atoms with E-state index in [1.807, 2.05) is 112 Å². The number of piperidine rings is 2. The zero-order valence-electron chi connectivity index (χ0n) is 35.9. The van der Waals surface area contributed by atoms with E-state index in [9.17, 15) is 19.2 Å². The smallest absolute Gasteiger partial charge is 0.407 e. The fraction of sp³-hybridized carbons (Fsp3) is 0.354. The first kappa shape index (κ1) is 40.5. The molecule has 3 N–H and O–H groups in total. The summed E-state index contributed by atoms with van der Waals surface area (Å²) < 4.78 is 4.88. The Morgan fingerprint density at radius 3 is 2.03 bits per heavy atom. The molecule has 0 spiro atoms. The van der Waals surface area contributed by atoms with Gasteiger partial charge < -0.3 is 39.6 Å². The number of nitrogens with one attached hydrogen (secondary N) is 3. The number of hydrogen-bond acceptors (Lipinski definition) is 10. The van der Waals surface area contributed by atoms with Gasteiger partial charge in [-0.25, -0.2) is 24.5 Å². The Hall–Kier alpha value is -7.27. The van der Waals surface area contributed by atoms with Crippen molar-refractivity contribution in [3.05, 3.63) is 125 Å². The van der Waals surface area contributed by atoms with Crippen molar-refractivity contribution in [1.29, 1.82) is 0 Å². The van der Waals surface area contributed by atoms with E-state index in [2.05, 4.69) is 20.3 Å². The van der Waals surface area contributed by atoms with Gasteiger partial charge in [-0.3, -0.25) is 14.5 Å². The lowest BCUT2D eigenvalue weighted by atomic mass is 10.0. The summed E-state index contributed by atoms with van der Waals surface area (Å²) in [6, 6.07) is 28.3. The van der Waals surface area contributed by atoms with E-state index in [1.54, 1.807) is 4.90 Å². The van der Waals surface area contributed by atoms with Crippen LogP contribution < -0.4 is 10.2 Å². The van der Waals surface area contributed by atoms with E-state index in [1.165, 1.54) is 14.2 Å². The van der Waals surface area contributed by atoms with Crippen LogP contribution >= 0.6 is 0 Å². The molecule has 5 fully saturated rings. The highest BCUT2D eigenvalue weighted by Gasteiger charge is 2.57. The highest BCUT2D eigenvalue weighted by Crippen LogP contribution is 2.55. The molecular weight excluding hydrogens is 829 g/mol. The Morgan fingerprint density at radius 1 is 0.769 bits per heavy atom. The average molecular weight is 877 g/mol. The van der Waals surface area contributed by atoms with Crippen molar-refractivity contribution < 1.29 is 33.7 Å². The number of carbonyl (C=O) groups is 4. The molecule has 2 saturated carbocycles. The molecule has 0 unspecified atom stereocenters. The Morgan fingerprint density at radius 2 is 1.38 bits per heavy atom. The van der Waals surface area contributed by atoms with Gasteiger partial charge in [0.05, 0.1) is 48.4 Å². The fourth-order valence-corrected chi connectivity index (χ4v) is 10.4. The van der Waals surface area contributed by atoms with Crippen LogP contribution in [0.5, 0.6) is 0 Å². The molecule has 3 saturated heterocycles. The third kappa shape index (κ3) is 7.48. The molecule has 5 heterocycles. The minimum absolute atomic E-state index is 0.0857. The molecule has 0 bridgehead atoms. The molecule has 6 aromatic rings. The van der Waals surface area contributed by atoms with Gasteiger partial charge in [0, 0.05) is 37.4 Å². The van der Waals surface area contributed by atoms with Crippen molar-refractivity contribution >= 4 is 58.1 Å². The quantitative estimate of drug-likeness (QED) is 0.0494. The molecular formula is C48H48N10O7. The van der Waals surface area contributed by atoms with Crippen molar-refractivity contribution in [1.82, 2.24) is 40.0 Å². The van der Waals surface area contributed by atoms with E-state index in [-0.39, 0.29) is 42.0 Å². The van der Waals surface area contributed by atoms with Crippen LogP contribution in [0.25, 0.3) is 22.1 Å². The first-order valence-corrected chi connectivity index (χ1v) is 22.1. The number of anilines is 1. The summed E-state index contributed by atoms with van der Waals surface area (Å²) in [6.45, 7) is 1.47. The number of benzene rings is 4. The third-order valence-electron chi connectivity index (χ3n) is 13.7. The molecule has 17 nitrogen and oxygen atoms in total. The maximum atomic E-state index is 14.3. The molecule has 2 aliphatic carbocycles. The van der Waals surface area contributed by atoms with Gasteiger partial charge in [0.25, 0.3) is 11.8 Å². The number of ether oxygens (including phenoxy) is 1. The maximum absolute atomic E-state index is 14.3. The summed E-state index contributed by atoms with van der Waals surface area (Å²) in [5, 5.41) is 2.75. The zero-order valence-corrected chi connectivity index (χ0v) is 35.9. The van der Waals surface area contributed by atoms with Crippen LogP contribution in [-0.4, -0.2) is 104 Å². The van der Waals surface area contributed by atoms with Gasteiger partial charge in [-0.2, -0.15) is 4.89 Å². The van der Waals surface area contributed by atoms with Gasteiger partial charge in [-0.15, -0.1) is 0 Å². The zero-order chi connectivity index (χ0) is 44.3. The summed E-state index contributed by atoms with van der Waals surface area (Å²) in [5.41, 5.74) is 6.29. The Bertz CT molecular complexity index is 2830. The molecule has 65 heavy (non-hydrogen) atoms. The fourth-order valence-electron chi connectivity index (χ4n) is 10.4. The average Bonchev–Trinajstić information content (AvgIpc) is 3.86. The lowest BCUT2D eigenvalue weighted by Crippen LogP contribution is -2.44. The van der Waals surface area contributed by atoms with Gasteiger partial charge >= 0.3 is 12.1 Å². The number of hydrogen-bond donors (Lipinski definition) is 3. The second-order valence-electron chi connectivity index (χ2n) is 17.6. The molecule has 3 aliphatic heterocycles. The molecule has 4 aromatic carbocycles. The van der Waals surface area contributed by atoms with Crippen molar-refractivity contribution in [3.8, 4) is 0 Å². The van der Waals surface area contributed by atoms with Crippen LogP contribution in [0.15, 0.2) is 102 Å². The third-order valence-corrected chi connectivity index (χ3v) is 13.7. The van der Waals surface area contributed by atoms with E-state index in [4.69, 9.17) is 24.5 Å². The topological polar surface area (TPSA) is 191 Å². The number of fused-ring (bicyclic) bond motifs is 4. The summed E-state index contributed by atoms with van der Waals surface area (Å²) in [7, 11) is 2.67. The van der Waals surface area contributed by atoms with E-state index in [0.29, 0.717) is 48.7 Å². The number of aliphatic imine (C=N–C) groups is 1. The molecule has 11 rings (SSSR count). The summed E-state index contributed by atoms with van der Waals surface area (Å²) in [5.74, 6) is 1.88. The number of imidazole rings is 2. The summed E-state index contributed by atoms with van der Waals surface area (Å²) >= 11 is 0. The molecule has 5 amide bonds. The largest absolute Gasteiger partial charge is 0.453 e. The number of H-pyrrole nitrogens is 2. The standard InChI is InChI=1S/C48H48N10O7/c1-63-47(61)54-42(29-11-7-4-8-12-29)46(60)58-38-21-31(38)23-40(58)43-50-33-15-13-27(19-35(33)52-43)25-55-17-18-56(48(55)62)32-14-16-34-36(24-32)53-44(51-34)39-22-30-20-37(30)57(39)45(59)41(49-26-65-64-2)28-9-5-3-6-10-28/h3-16,19,24,26,30-31,37-42H,17-18,20-23,25H2,1-2H3,(H,50,52)(H,51,53)(H,54,61)/t30-,31-,37-,38-,39+,40+,41-,42-/m1/s1. The molecule has 8 atom stereocenters. The van der Waals surface area contributed by atoms with Crippen molar-refractivity contribution in [3.63, 3.8) is 0 Å². The Kier molecular flexibility index (Phi) is 10.2. The maximum Gasteiger partial charge on any atom is 0.407 e. The second kappa shape index (κ2) is 16.4. The van der Waals surface area contributed by atoms with Crippen LogP contribution in [0.1, 0.15) is 78.2 Å². The number of aromatic amines is 2. The van der Waals surface area contributed by atoms with E-state index >= 15 is 0 Å². The summed E-state index contributed by atoms with van der Waals surface area (Å²) in [4.78, 5) is 93.3. The van der Waals surface area contributed by atoms with Crippen LogP contribution in [0.4, 0.5) is 15.3 Å². The van der Waals surface area contributed by atoms with Gasteiger partial charge in [-0.05, 0) is 84.5 Å². The number of methoxy groups -OCH3 is 1. The van der Waals surface area contributed by atoms with E-state index < -0.39 is 18.2 Å². The van der Waals surface area contributed by atoms with Gasteiger partial charge in [0.1, 0.15) is 17.7 Å². The van der Waals surface area contributed by atoms with Gasteiger partial charge in [0.2, 0.25) is 6.40 Å². The number of carbonyl (C=O) groups excluding carboxylic acids is 4. The monoisotopic (exact) mass is 876 g/mol. The minimum atomic E-state index is -0.897. The normalized spacial score (nSPS) is 24.1. The summed E-state index contributed by atoms with van der Waals surface area (Å²) in [6.07, 6.45) is 3.95. The first-order valence-electron chi connectivity index (χ1n) is 22.1. The van der Waals surface area contributed by atoms with Crippen LogP contribution in [-0.2, 0) is 30.6 Å². The number of alkyl carbamates (subject to hydrolysis) is 1. The highest BCUT2D eigenvalue weighted by molar-refractivity contribution is 5.96. The molecule has 2 aromatic heterocycles. The number of likely N-dealkylation sites (tertiary alicyclic amines) is 2. The lowest BCUT2D eigenvalue weighted by Gasteiger charge is -2.30. The Balaban J connectivity index is 0.778. The second-order valence-corrected chi connectivity index (χ2v) is 17.6. The number of aromatic nitrogens is 4. The first-order chi connectivity index (χ1) is 31.8. The minimum Gasteiger partial charge on any atom is -0.453 e. The Labute approximate surface area is 373 Å². The predicted molar refractivity (Wildman–Crippen MR) is 238 cm³/mol. The number of nitrogens with zero attached hydrogens (tertiary/aromatic N) is 7. The van der Waals surface area contributed by atoms with Crippen LogP contribution in [0.2, 0.25) is 0 Å². The SMILES string of the molecule is COOC=N[C@@H](C(=O)N1[C@@H]2C[C@@H]2C[C@H]1c1nc2ccc(N3CCN(Cc4ccc5nc([C@@H]6C[C@H]7C[C@H]7N6C(=O)[C@H](NC(=O)OC)c6ccccc6)[nH]c5c4)C3=O)cc2[nH]1)c1ccccc1. The lowest BCUT2D eigenvalue weighted by molar-refractivity contribution is -0.188. The van der Waals surface area contributed by atoms with Crippen molar-refractivity contribution in [2.24, 2.45) is 16.8 Å². The van der Waals surface area contributed by atoms with Crippen LogP contribution in [0.3, 0.4) is 0 Å².